The van der Waals surface area contributed by atoms with E-state index in [0.29, 0.717) is 0 Å². The van der Waals surface area contributed by atoms with Crippen LogP contribution in [-0.4, -0.2) is 0 Å². The van der Waals surface area contributed by atoms with Gasteiger partial charge in [0.1, 0.15) is 0 Å². The maximum Gasteiger partial charge on any atom is 0.0396 e. The first-order valence-electron chi connectivity index (χ1n) is 9.62. The molecule has 0 unspecified atom stereocenters. The van der Waals surface area contributed by atoms with E-state index in [4.69, 9.17) is 0 Å². The normalized spacial score (nSPS) is 11.0. The zero-order valence-corrected chi connectivity index (χ0v) is 16.7. The molecule has 0 aliphatic heterocycles. The molecule has 0 fully saturated rings. The maximum absolute atomic E-state index is 3.52. The number of nitrogens with one attached hydrogen (secondary N) is 1. The largest absolute Gasteiger partial charge is 0.355 e. The van der Waals surface area contributed by atoms with E-state index in [-0.39, 0.29) is 0 Å². The van der Waals surface area contributed by atoms with E-state index in [1.54, 1.807) is 0 Å². The monoisotopic (exact) mass is 355 g/mol. The summed E-state index contributed by atoms with van der Waals surface area (Å²) in [5, 5.41) is 3.52. The van der Waals surface area contributed by atoms with Gasteiger partial charge >= 0.3 is 0 Å². The second-order valence-corrected chi connectivity index (χ2v) is 5.90. The standard InChI is InChI=1S/C24H23N.C2H6/c1-3-11-19(4-2)21-16-22(20-12-7-5-8-13-20)18-24(17-21)25-23-14-9-6-10-15-23;1-2/h3-18,25H,1-2H3;1-2H3/b11-3-,19-4+;. The fourth-order valence-corrected chi connectivity index (χ4v) is 2.89. The molecule has 138 valence electrons. The SMILES string of the molecule is C/C=C\C(=C/C)c1cc(Nc2ccccc2)cc(-c2ccccc2)c1.CC. The van der Waals surface area contributed by atoms with Gasteiger partial charge in [-0.3, -0.25) is 0 Å². The molecule has 0 aromatic heterocycles. The molecule has 27 heavy (non-hydrogen) atoms. The van der Waals surface area contributed by atoms with E-state index in [1.807, 2.05) is 45.0 Å². The zero-order valence-electron chi connectivity index (χ0n) is 16.7. The first-order valence-corrected chi connectivity index (χ1v) is 9.62. The minimum atomic E-state index is 1.09. The molecule has 0 saturated heterocycles. The summed E-state index contributed by atoms with van der Waals surface area (Å²) in [5.41, 5.74) is 7.03. The lowest BCUT2D eigenvalue weighted by atomic mass is 9.97. The van der Waals surface area contributed by atoms with Crippen molar-refractivity contribution in [3.63, 3.8) is 0 Å². The van der Waals surface area contributed by atoms with E-state index >= 15 is 0 Å². The van der Waals surface area contributed by atoms with E-state index in [2.05, 4.69) is 85.1 Å². The molecule has 3 aromatic rings. The topological polar surface area (TPSA) is 12.0 Å². The summed E-state index contributed by atoms with van der Waals surface area (Å²) in [4.78, 5) is 0. The number of para-hydroxylation sites is 1. The predicted molar refractivity (Wildman–Crippen MR) is 121 cm³/mol. The van der Waals surface area contributed by atoms with Gasteiger partial charge < -0.3 is 5.32 Å². The smallest absolute Gasteiger partial charge is 0.0396 e. The van der Waals surface area contributed by atoms with Gasteiger partial charge in [0, 0.05) is 11.4 Å². The average Bonchev–Trinajstić information content (AvgIpc) is 2.74. The lowest BCUT2D eigenvalue weighted by Crippen LogP contribution is -1.93. The lowest BCUT2D eigenvalue weighted by molar-refractivity contribution is 1.50. The molecule has 0 atom stereocenters. The second-order valence-electron chi connectivity index (χ2n) is 5.90. The Hall–Kier alpha value is -3.06. The molecule has 1 N–H and O–H groups in total. The molecule has 3 aromatic carbocycles. The van der Waals surface area contributed by atoms with Crippen LogP contribution in [0.3, 0.4) is 0 Å². The van der Waals surface area contributed by atoms with Crippen molar-refractivity contribution in [2.45, 2.75) is 27.7 Å². The molecular formula is C26H29N. The molecule has 0 saturated carbocycles. The Morgan fingerprint density at radius 2 is 1.33 bits per heavy atom. The van der Waals surface area contributed by atoms with Gasteiger partial charge in [0.15, 0.2) is 0 Å². The van der Waals surface area contributed by atoms with Crippen molar-refractivity contribution in [3.8, 4) is 11.1 Å². The van der Waals surface area contributed by atoms with Crippen LogP contribution in [0.25, 0.3) is 16.7 Å². The highest BCUT2D eigenvalue weighted by atomic mass is 14.9. The zero-order chi connectivity index (χ0) is 19.5. The molecular weight excluding hydrogens is 326 g/mol. The minimum Gasteiger partial charge on any atom is -0.355 e. The summed E-state index contributed by atoms with van der Waals surface area (Å²) in [7, 11) is 0. The van der Waals surface area contributed by atoms with Crippen LogP contribution in [0, 0.1) is 0 Å². The number of benzene rings is 3. The third-order valence-electron chi connectivity index (χ3n) is 4.09. The molecule has 0 aliphatic carbocycles. The Bertz CT molecular complexity index is 875. The van der Waals surface area contributed by atoms with Gasteiger partial charge in [0.25, 0.3) is 0 Å². The van der Waals surface area contributed by atoms with Crippen LogP contribution in [0.5, 0.6) is 0 Å². The van der Waals surface area contributed by atoms with Crippen LogP contribution < -0.4 is 5.32 Å². The van der Waals surface area contributed by atoms with Crippen molar-refractivity contribution >= 4 is 16.9 Å². The highest BCUT2D eigenvalue weighted by Crippen LogP contribution is 2.30. The van der Waals surface area contributed by atoms with Crippen molar-refractivity contribution in [1.29, 1.82) is 0 Å². The van der Waals surface area contributed by atoms with Crippen molar-refractivity contribution < 1.29 is 0 Å². The van der Waals surface area contributed by atoms with Crippen LogP contribution in [0.2, 0.25) is 0 Å². The lowest BCUT2D eigenvalue weighted by Gasteiger charge is -2.13. The Labute approximate surface area is 164 Å². The number of anilines is 2. The van der Waals surface area contributed by atoms with Gasteiger partial charge in [0.05, 0.1) is 0 Å². The average molecular weight is 356 g/mol. The summed E-state index contributed by atoms with van der Waals surface area (Å²) in [6, 6.07) is 27.4. The molecule has 0 amide bonds. The highest BCUT2D eigenvalue weighted by molar-refractivity contribution is 5.82. The maximum atomic E-state index is 3.52. The Morgan fingerprint density at radius 1 is 0.704 bits per heavy atom. The van der Waals surface area contributed by atoms with Gasteiger partial charge in [0.2, 0.25) is 0 Å². The Kier molecular flexibility index (Phi) is 8.12. The molecule has 0 radical (unpaired) electrons. The van der Waals surface area contributed by atoms with Gasteiger partial charge in [-0.2, -0.15) is 0 Å². The number of hydrogen-bond donors (Lipinski definition) is 1. The first-order chi connectivity index (χ1) is 13.3. The summed E-state index contributed by atoms with van der Waals surface area (Å²) in [6.45, 7) is 8.13. The highest BCUT2D eigenvalue weighted by Gasteiger charge is 2.06. The van der Waals surface area contributed by atoms with Crippen LogP contribution >= 0.6 is 0 Å². The van der Waals surface area contributed by atoms with Gasteiger partial charge in [-0.1, -0.05) is 80.6 Å². The van der Waals surface area contributed by atoms with Gasteiger partial charge in [-0.05, 0) is 66.4 Å². The Balaban J connectivity index is 0.00000126. The fraction of sp³-hybridized carbons (Fsp3) is 0.154. The molecule has 0 spiro atoms. The van der Waals surface area contributed by atoms with Crippen molar-refractivity contribution in [2.24, 2.45) is 0 Å². The molecule has 0 aliphatic rings. The molecule has 3 rings (SSSR count). The molecule has 1 heteroatoms. The predicted octanol–water partition coefficient (Wildman–Crippen LogP) is 8.10. The molecule has 0 heterocycles. The number of rotatable bonds is 5. The van der Waals surface area contributed by atoms with Crippen molar-refractivity contribution in [3.05, 3.63) is 103 Å². The van der Waals surface area contributed by atoms with Crippen molar-refractivity contribution in [2.75, 3.05) is 5.32 Å². The van der Waals surface area contributed by atoms with E-state index in [9.17, 15) is 0 Å². The van der Waals surface area contributed by atoms with Crippen LogP contribution in [0.4, 0.5) is 11.4 Å². The molecule has 1 nitrogen and oxygen atoms in total. The Morgan fingerprint density at radius 3 is 1.93 bits per heavy atom. The fourth-order valence-electron chi connectivity index (χ4n) is 2.89. The summed E-state index contributed by atoms with van der Waals surface area (Å²) in [5.74, 6) is 0. The number of hydrogen-bond acceptors (Lipinski definition) is 1. The number of allylic oxidation sites excluding steroid dienone is 4. The third kappa shape index (κ3) is 5.72. The summed E-state index contributed by atoms with van der Waals surface area (Å²) in [6.07, 6.45) is 6.38. The summed E-state index contributed by atoms with van der Waals surface area (Å²) >= 11 is 0. The van der Waals surface area contributed by atoms with Gasteiger partial charge in [-0.15, -0.1) is 0 Å². The van der Waals surface area contributed by atoms with Gasteiger partial charge in [-0.25, -0.2) is 0 Å². The quantitative estimate of drug-likeness (QED) is 0.456. The van der Waals surface area contributed by atoms with Crippen LogP contribution in [0.1, 0.15) is 33.3 Å². The van der Waals surface area contributed by atoms with E-state index in [0.717, 1.165) is 11.4 Å². The minimum absolute atomic E-state index is 1.09. The van der Waals surface area contributed by atoms with Crippen LogP contribution in [-0.2, 0) is 0 Å². The van der Waals surface area contributed by atoms with E-state index in [1.165, 1.54) is 22.3 Å². The molecule has 0 bridgehead atoms. The first kappa shape index (κ1) is 20.3. The van der Waals surface area contributed by atoms with E-state index < -0.39 is 0 Å². The van der Waals surface area contributed by atoms with Crippen LogP contribution in [0.15, 0.2) is 97.1 Å². The third-order valence-corrected chi connectivity index (χ3v) is 4.09. The van der Waals surface area contributed by atoms with Crippen molar-refractivity contribution in [1.82, 2.24) is 0 Å². The summed E-state index contributed by atoms with van der Waals surface area (Å²) < 4.78 is 0. The second kappa shape index (κ2) is 10.8.